The van der Waals surface area contributed by atoms with Gasteiger partial charge in [0.2, 0.25) is 5.69 Å². The molecule has 0 radical (unpaired) electrons. The summed E-state index contributed by atoms with van der Waals surface area (Å²) in [5, 5.41) is 17.6. The van der Waals surface area contributed by atoms with Crippen molar-refractivity contribution in [2.75, 3.05) is 25.1 Å². The number of hydrogen-bond donors (Lipinski definition) is 2. The maximum atomic E-state index is 9.13. The maximum Gasteiger partial charge on any atom is 0.209 e. The van der Waals surface area contributed by atoms with Crippen LogP contribution in [0, 0.1) is 0 Å². The van der Waals surface area contributed by atoms with Crippen LogP contribution in [0.15, 0.2) is 50.3 Å². The molecule has 2 heterocycles. The van der Waals surface area contributed by atoms with Crippen LogP contribution < -0.4 is 17.0 Å². The van der Waals surface area contributed by atoms with Gasteiger partial charge in [-0.1, -0.05) is 61.6 Å². The molecule has 4 nitrogen and oxygen atoms in total. The van der Waals surface area contributed by atoms with Gasteiger partial charge in [-0.15, -0.1) is 0 Å². The zero-order valence-electron chi connectivity index (χ0n) is 20.6. The summed E-state index contributed by atoms with van der Waals surface area (Å²) in [5.74, 6) is 0. The number of rotatable bonds is 3. The molecule has 188 valence electrons. The number of fused-ring (bicyclic) bond motifs is 2. The topological polar surface area (TPSA) is 55.8 Å². The molecular formula is C26H34Br4N2O2. The standard InChI is InChI=1S/C13H17BrNO.C11H12BrN.C2H5BrO.BrH/c1-9-13(2,3)11-8-10(14)4-5-12(11)15(9)6-7-16;1-7-11(2,3)9-6-8(12)4-5-10(9)13-7;3-1-2-4;/h4-5,8,16H,6-7H2,1-3H3;4-6H,1-3H3;4H,1-2H2;1H/q+1;;;/p-1. The van der Waals surface area contributed by atoms with Crippen LogP contribution in [0.2, 0.25) is 0 Å². The van der Waals surface area contributed by atoms with E-state index < -0.39 is 0 Å². The molecule has 2 aromatic carbocycles. The number of aliphatic hydroxyl groups is 2. The van der Waals surface area contributed by atoms with Crippen molar-refractivity contribution in [3.63, 3.8) is 0 Å². The third-order valence-corrected chi connectivity index (χ3v) is 7.81. The number of halogens is 4. The summed E-state index contributed by atoms with van der Waals surface area (Å²) in [4.78, 5) is 4.54. The monoisotopic (exact) mass is 722 g/mol. The molecule has 34 heavy (non-hydrogen) atoms. The highest BCUT2D eigenvalue weighted by Gasteiger charge is 2.42. The lowest BCUT2D eigenvalue weighted by Gasteiger charge is -2.19. The number of alkyl halides is 1. The summed E-state index contributed by atoms with van der Waals surface area (Å²) in [6.07, 6.45) is 0. The summed E-state index contributed by atoms with van der Waals surface area (Å²) < 4.78 is 4.45. The van der Waals surface area contributed by atoms with Crippen LogP contribution in [0.1, 0.15) is 52.7 Å². The molecule has 0 spiro atoms. The Labute approximate surface area is 239 Å². The summed E-state index contributed by atoms with van der Waals surface area (Å²) in [6, 6.07) is 12.6. The van der Waals surface area contributed by atoms with E-state index in [9.17, 15) is 0 Å². The van der Waals surface area contributed by atoms with Crippen molar-refractivity contribution < 1.29 is 31.8 Å². The van der Waals surface area contributed by atoms with Crippen LogP contribution >= 0.6 is 47.8 Å². The Morgan fingerprint density at radius 1 is 0.853 bits per heavy atom. The molecule has 0 bridgehead atoms. The molecular weight excluding hydrogens is 692 g/mol. The Morgan fingerprint density at radius 2 is 1.38 bits per heavy atom. The van der Waals surface area contributed by atoms with Crippen LogP contribution in [0.5, 0.6) is 0 Å². The Bertz CT molecular complexity index is 1060. The van der Waals surface area contributed by atoms with Gasteiger partial charge in [0.05, 0.1) is 17.7 Å². The zero-order chi connectivity index (χ0) is 25.0. The minimum absolute atomic E-state index is 0. The van der Waals surface area contributed by atoms with Gasteiger partial charge in [-0.25, -0.2) is 0 Å². The second kappa shape index (κ2) is 13.2. The average Bonchev–Trinajstić information content (AvgIpc) is 3.10. The molecule has 0 fully saturated rings. The summed E-state index contributed by atoms with van der Waals surface area (Å²) in [5.41, 5.74) is 7.63. The molecule has 0 atom stereocenters. The Kier molecular flexibility index (Phi) is 12.3. The largest absolute Gasteiger partial charge is 1.00 e. The smallest absolute Gasteiger partial charge is 0.209 e. The summed E-state index contributed by atoms with van der Waals surface area (Å²) in [7, 11) is 0. The van der Waals surface area contributed by atoms with Crippen LogP contribution in [-0.2, 0) is 10.8 Å². The molecule has 4 rings (SSSR count). The van der Waals surface area contributed by atoms with Crippen molar-refractivity contribution in [2.24, 2.45) is 4.99 Å². The quantitative estimate of drug-likeness (QED) is 0.371. The first-order valence-electron chi connectivity index (χ1n) is 11.0. The van der Waals surface area contributed by atoms with Gasteiger partial charge in [-0.3, -0.25) is 4.99 Å². The van der Waals surface area contributed by atoms with E-state index in [1.54, 1.807) is 0 Å². The molecule has 0 unspecified atom stereocenters. The van der Waals surface area contributed by atoms with E-state index in [1.807, 2.05) is 6.07 Å². The molecule has 0 aromatic heterocycles. The predicted molar refractivity (Wildman–Crippen MR) is 151 cm³/mol. The van der Waals surface area contributed by atoms with E-state index in [0.717, 1.165) is 14.6 Å². The highest BCUT2D eigenvalue weighted by molar-refractivity contribution is 9.10. The SMILES string of the molecule is CC1=Nc2ccc(Br)cc2C1(C)C.CC1=[N+](CCO)c2ccc(Br)cc2C1(C)C.OCCBr.[Br-]. The van der Waals surface area contributed by atoms with Crippen molar-refractivity contribution in [3.05, 3.63) is 56.5 Å². The lowest BCUT2D eigenvalue weighted by molar-refractivity contribution is -0.442. The fraction of sp³-hybridized carbons (Fsp3) is 0.462. The predicted octanol–water partition coefficient (Wildman–Crippen LogP) is 4.05. The van der Waals surface area contributed by atoms with Gasteiger partial charge >= 0.3 is 0 Å². The number of β-amino-alcohol motifs (C(OH)–C–C–N with tert-alkyl or cyclic N) is 1. The molecule has 0 amide bonds. The van der Waals surface area contributed by atoms with Crippen molar-refractivity contribution in [2.45, 2.75) is 52.4 Å². The van der Waals surface area contributed by atoms with Gasteiger partial charge < -0.3 is 27.2 Å². The molecule has 2 N–H and O–H groups in total. The van der Waals surface area contributed by atoms with Gasteiger partial charge in [0.25, 0.3) is 0 Å². The normalized spacial score (nSPS) is 16.3. The first-order valence-corrected chi connectivity index (χ1v) is 13.7. The highest BCUT2D eigenvalue weighted by Crippen LogP contribution is 2.41. The van der Waals surface area contributed by atoms with E-state index >= 15 is 0 Å². The molecule has 2 aliphatic rings. The van der Waals surface area contributed by atoms with Crippen molar-refractivity contribution in [1.82, 2.24) is 0 Å². The Morgan fingerprint density at radius 3 is 1.91 bits per heavy atom. The summed E-state index contributed by atoms with van der Waals surface area (Å²) >= 11 is 10.0. The number of aliphatic imine (C=N–C) groups is 1. The van der Waals surface area contributed by atoms with Crippen molar-refractivity contribution >= 4 is 70.6 Å². The zero-order valence-corrected chi connectivity index (χ0v) is 26.9. The first-order chi connectivity index (χ1) is 15.4. The van der Waals surface area contributed by atoms with Crippen LogP contribution in [0.3, 0.4) is 0 Å². The molecule has 8 heteroatoms. The number of aliphatic hydroxyl groups excluding tert-OH is 2. The number of benzene rings is 2. The number of nitrogens with zero attached hydrogens (tertiary/aromatic N) is 2. The highest BCUT2D eigenvalue weighted by atomic mass is 79.9. The maximum absolute atomic E-state index is 9.13. The summed E-state index contributed by atoms with van der Waals surface area (Å²) in [6.45, 7) is 14.2. The fourth-order valence-electron chi connectivity index (χ4n) is 3.97. The van der Waals surface area contributed by atoms with Gasteiger partial charge in [0.1, 0.15) is 6.61 Å². The van der Waals surface area contributed by atoms with Gasteiger partial charge in [0.15, 0.2) is 12.3 Å². The second-order valence-electron chi connectivity index (χ2n) is 9.14. The van der Waals surface area contributed by atoms with E-state index in [1.165, 1.54) is 28.2 Å². The first kappa shape index (κ1) is 31.6. The Hall–Kier alpha value is -0.380. The molecule has 0 aliphatic carbocycles. The lowest BCUT2D eigenvalue weighted by Crippen LogP contribution is -3.00. The van der Waals surface area contributed by atoms with Gasteiger partial charge in [-0.05, 0) is 56.7 Å². The Balaban J connectivity index is 0.000000291. The van der Waals surface area contributed by atoms with Crippen LogP contribution in [-0.4, -0.2) is 51.3 Å². The second-order valence-corrected chi connectivity index (χ2v) is 11.8. The van der Waals surface area contributed by atoms with Crippen molar-refractivity contribution in [3.8, 4) is 0 Å². The molecule has 0 saturated heterocycles. The fourth-order valence-corrected chi connectivity index (χ4v) is 4.69. The minimum Gasteiger partial charge on any atom is -1.00 e. The average molecular weight is 726 g/mol. The van der Waals surface area contributed by atoms with Gasteiger partial charge in [-0.2, -0.15) is 4.58 Å². The van der Waals surface area contributed by atoms with Crippen molar-refractivity contribution in [1.29, 1.82) is 0 Å². The van der Waals surface area contributed by atoms with Crippen LogP contribution in [0.4, 0.5) is 11.4 Å². The molecule has 2 aromatic rings. The minimum atomic E-state index is 0. The molecule has 0 saturated carbocycles. The third-order valence-electron chi connectivity index (χ3n) is 6.46. The molecule has 2 aliphatic heterocycles. The van der Waals surface area contributed by atoms with Gasteiger partial charge in [0, 0.05) is 44.0 Å². The third kappa shape index (κ3) is 6.88. The lowest BCUT2D eigenvalue weighted by atomic mass is 9.82. The van der Waals surface area contributed by atoms with E-state index in [0.29, 0.717) is 11.9 Å². The van der Waals surface area contributed by atoms with E-state index in [-0.39, 0.29) is 41.0 Å². The van der Waals surface area contributed by atoms with E-state index in [2.05, 4.69) is 129 Å². The van der Waals surface area contributed by atoms with Crippen LogP contribution in [0.25, 0.3) is 0 Å². The van der Waals surface area contributed by atoms with E-state index in [4.69, 9.17) is 10.2 Å². The number of hydrogen-bond acceptors (Lipinski definition) is 3.